The molecule has 5 nitrogen and oxygen atoms in total. The maximum atomic E-state index is 14.3. The summed E-state index contributed by atoms with van der Waals surface area (Å²) >= 11 is 0. The summed E-state index contributed by atoms with van der Waals surface area (Å²) in [5.41, 5.74) is 1.32. The van der Waals surface area contributed by atoms with Crippen molar-refractivity contribution in [1.82, 2.24) is 20.3 Å². The zero-order valence-corrected chi connectivity index (χ0v) is 16.2. The molecule has 7 heteroatoms. The van der Waals surface area contributed by atoms with Gasteiger partial charge in [0.05, 0.1) is 22.4 Å². The minimum atomic E-state index is -0.645. The third kappa shape index (κ3) is 2.80. The van der Waals surface area contributed by atoms with Crippen molar-refractivity contribution < 1.29 is 13.3 Å². The summed E-state index contributed by atoms with van der Waals surface area (Å²) in [7, 11) is 0. The molecule has 0 amide bonds. The van der Waals surface area contributed by atoms with E-state index in [-0.39, 0.29) is 17.2 Å². The van der Waals surface area contributed by atoms with Crippen LogP contribution in [0.4, 0.5) is 8.78 Å². The molecule has 2 atom stereocenters. The number of aryl methyl sites for hydroxylation is 1. The molecular weight excluding hydrogens is 362 g/mol. The van der Waals surface area contributed by atoms with Gasteiger partial charge < -0.3 is 4.52 Å². The number of halogens is 2. The van der Waals surface area contributed by atoms with Crippen LogP contribution in [0.3, 0.4) is 0 Å². The summed E-state index contributed by atoms with van der Waals surface area (Å²) in [6, 6.07) is 5.59. The largest absolute Gasteiger partial charge is 0.340 e. The van der Waals surface area contributed by atoms with E-state index < -0.39 is 17.0 Å². The van der Waals surface area contributed by atoms with E-state index in [1.807, 2.05) is 0 Å². The summed E-state index contributed by atoms with van der Waals surface area (Å²) in [6.45, 7) is 5.93. The molecule has 1 aliphatic rings. The quantitative estimate of drug-likeness (QED) is 0.626. The van der Waals surface area contributed by atoms with Crippen LogP contribution in [-0.2, 0) is 5.41 Å². The molecule has 0 fully saturated rings. The van der Waals surface area contributed by atoms with E-state index in [0.29, 0.717) is 11.7 Å². The monoisotopic (exact) mass is 384 g/mol. The zero-order valence-electron chi connectivity index (χ0n) is 16.2. The minimum absolute atomic E-state index is 0.143. The second-order valence-electron chi connectivity index (χ2n) is 7.35. The van der Waals surface area contributed by atoms with Gasteiger partial charge in [-0.3, -0.25) is 0 Å². The molecule has 28 heavy (non-hydrogen) atoms. The highest BCUT2D eigenvalue weighted by Gasteiger charge is 2.45. The highest BCUT2D eigenvalue weighted by atomic mass is 19.1. The molecule has 146 valence electrons. The van der Waals surface area contributed by atoms with Crippen LogP contribution >= 0.6 is 0 Å². The fourth-order valence-electron chi connectivity index (χ4n) is 4.29. The van der Waals surface area contributed by atoms with E-state index in [2.05, 4.69) is 34.2 Å². The van der Waals surface area contributed by atoms with Crippen LogP contribution in [0.1, 0.15) is 68.4 Å². The molecule has 3 aromatic rings. The van der Waals surface area contributed by atoms with Gasteiger partial charge in [0, 0.05) is 6.92 Å². The van der Waals surface area contributed by atoms with Gasteiger partial charge in [0.2, 0.25) is 5.89 Å². The third-order valence-corrected chi connectivity index (χ3v) is 5.91. The summed E-state index contributed by atoms with van der Waals surface area (Å²) in [6.07, 6.45) is 3.38. The molecule has 0 spiro atoms. The smallest absolute Gasteiger partial charge is 0.223 e. The normalized spacial score (nSPS) is 21.5. The van der Waals surface area contributed by atoms with E-state index in [1.54, 1.807) is 13.0 Å². The van der Waals surface area contributed by atoms with Crippen molar-refractivity contribution in [2.75, 3.05) is 0 Å². The standard InChI is InChI=1S/C21H22F2N4O/c1-4-13-9-10-21(5-2,20-24-12(3)28-27-20)19-14(13)11-17(25-26-19)18-15(22)7-6-8-16(18)23/h6-8,11,13H,4-5,9-10H2,1-3H3/t13-,21-/m0/s1. The first-order chi connectivity index (χ1) is 13.5. The number of aromatic nitrogens is 4. The highest BCUT2D eigenvalue weighted by molar-refractivity contribution is 5.62. The Morgan fingerprint density at radius 3 is 2.54 bits per heavy atom. The van der Waals surface area contributed by atoms with Gasteiger partial charge >= 0.3 is 0 Å². The lowest BCUT2D eigenvalue weighted by Crippen LogP contribution is -2.36. The minimum Gasteiger partial charge on any atom is -0.340 e. The molecule has 0 unspecified atom stereocenters. The lowest BCUT2D eigenvalue weighted by molar-refractivity contribution is 0.321. The first kappa shape index (κ1) is 18.7. The Kier molecular flexibility index (Phi) is 4.69. The molecule has 2 aromatic heterocycles. The molecule has 0 saturated carbocycles. The van der Waals surface area contributed by atoms with Crippen LogP contribution in [0.5, 0.6) is 0 Å². The predicted molar refractivity (Wildman–Crippen MR) is 99.8 cm³/mol. The fraction of sp³-hybridized carbons (Fsp3) is 0.429. The van der Waals surface area contributed by atoms with Crippen LogP contribution in [0.25, 0.3) is 11.3 Å². The maximum Gasteiger partial charge on any atom is 0.223 e. The molecule has 0 aliphatic heterocycles. The van der Waals surface area contributed by atoms with Gasteiger partial charge in [0.15, 0.2) is 5.82 Å². The number of benzene rings is 1. The molecule has 2 heterocycles. The lowest BCUT2D eigenvalue weighted by atomic mass is 9.66. The second-order valence-corrected chi connectivity index (χ2v) is 7.35. The summed E-state index contributed by atoms with van der Waals surface area (Å²) in [5.74, 6) is 0.0523. The van der Waals surface area contributed by atoms with Crippen LogP contribution in [0.2, 0.25) is 0 Å². The number of hydrogen-bond acceptors (Lipinski definition) is 5. The number of rotatable bonds is 4. The summed E-state index contributed by atoms with van der Waals surface area (Å²) < 4.78 is 33.8. The molecule has 1 aromatic carbocycles. The molecule has 0 saturated heterocycles. The molecule has 1 aliphatic carbocycles. The Morgan fingerprint density at radius 1 is 1.18 bits per heavy atom. The molecular formula is C21H22F2N4O. The van der Waals surface area contributed by atoms with E-state index in [0.717, 1.165) is 36.9 Å². The third-order valence-electron chi connectivity index (χ3n) is 5.91. The number of nitrogens with zero attached hydrogens (tertiary/aromatic N) is 4. The van der Waals surface area contributed by atoms with Crippen molar-refractivity contribution in [3.63, 3.8) is 0 Å². The van der Waals surface area contributed by atoms with Crippen LogP contribution in [0.15, 0.2) is 28.8 Å². The van der Waals surface area contributed by atoms with E-state index in [9.17, 15) is 8.78 Å². The van der Waals surface area contributed by atoms with Gasteiger partial charge in [0.1, 0.15) is 11.6 Å². The Bertz CT molecular complexity index is 999. The van der Waals surface area contributed by atoms with Gasteiger partial charge in [-0.1, -0.05) is 25.1 Å². The van der Waals surface area contributed by atoms with Gasteiger partial charge in [0.25, 0.3) is 0 Å². The van der Waals surface area contributed by atoms with Crippen molar-refractivity contribution in [2.24, 2.45) is 0 Å². The van der Waals surface area contributed by atoms with E-state index in [4.69, 9.17) is 4.52 Å². The van der Waals surface area contributed by atoms with E-state index in [1.165, 1.54) is 18.2 Å². The van der Waals surface area contributed by atoms with Crippen molar-refractivity contribution in [3.05, 3.63) is 58.9 Å². The van der Waals surface area contributed by atoms with Crippen LogP contribution in [0, 0.1) is 18.6 Å². The first-order valence-corrected chi connectivity index (χ1v) is 9.63. The Morgan fingerprint density at radius 2 is 1.93 bits per heavy atom. The van der Waals surface area contributed by atoms with Crippen molar-refractivity contribution in [2.45, 2.75) is 57.8 Å². The number of fused-ring (bicyclic) bond motifs is 1. The molecule has 4 rings (SSSR count). The molecule has 0 radical (unpaired) electrons. The molecule has 0 bridgehead atoms. The average molecular weight is 384 g/mol. The van der Waals surface area contributed by atoms with Gasteiger partial charge in [-0.05, 0) is 55.4 Å². The lowest BCUT2D eigenvalue weighted by Gasteiger charge is -2.37. The Hall–Kier alpha value is -2.70. The maximum absolute atomic E-state index is 14.3. The van der Waals surface area contributed by atoms with Crippen molar-refractivity contribution in [1.29, 1.82) is 0 Å². The Balaban J connectivity index is 1.92. The zero-order chi connectivity index (χ0) is 19.9. The fourth-order valence-corrected chi connectivity index (χ4v) is 4.29. The van der Waals surface area contributed by atoms with Gasteiger partial charge in [-0.25, -0.2) is 8.78 Å². The summed E-state index contributed by atoms with van der Waals surface area (Å²) in [4.78, 5) is 4.47. The topological polar surface area (TPSA) is 64.7 Å². The van der Waals surface area contributed by atoms with E-state index >= 15 is 0 Å². The Labute approximate surface area is 162 Å². The van der Waals surface area contributed by atoms with Crippen LogP contribution in [-0.4, -0.2) is 20.3 Å². The first-order valence-electron chi connectivity index (χ1n) is 9.63. The highest BCUT2D eigenvalue weighted by Crippen LogP contribution is 2.48. The van der Waals surface area contributed by atoms with Crippen LogP contribution < -0.4 is 0 Å². The second kappa shape index (κ2) is 7.04. The predicted octanol–water partition coefficient (Wildman–Crippen LogP) is 5.10. The van der Waals surface area contributed by atoms with Gasteiger partial charge in [-0.2, -0.15) is 10.1 Å². The molecule has 0 N–H and O–H groups in total. The number of hydrogen-bond donors (Lipinski definition) is 0. The summed E-state index contributed by atoms with van der Waals surface area (Å²) in [5, 5.41) is 12.9. The van der Waals surface area contributed by atoms with Crippen molar-refractivity contribution in [3.8, 4) is 11.3 Å². The SMILES string of the molecule is CC[C@H]1CC[C@](CC)(c2noc(C)n2)c2nnc(-c3c(F)cccc3F)cc21. The average Bonchev–Trinajstić information content (AvgIpc) is 3.13. The van der Waals surface area contributed by atoms with Gasteiger partial charge in [-0.15, -0.1) is 5.10 Å². The van der Waals surface area contributed by atoms with Crippen molar-refractivity contribution >= 4 is 0 Å².